The number of aromatic nitrogens is 6. The molecule has 0 aliphatic heterocycles. The number of nitrogens with zero attached hydrogens (tertiary/aromatic N) is 6. The lowest BCUT2D eigenvalue weighted by atomic mass is 9.97. The van der Waals surface area contributed by atoms with Crippen LogP contribution in [0.25, 0.3) is 16.6 Å². The van der Waals surface area contributed by atoms with Crippen LogP contribution >= 0.6 is 0 Å². The van der Waals surface area contributed by atoms with E-state index in [4.69, 9.17) is 4.98 Å². The van der Waals surface area contributed by atoms with Crippen LogP contribution in [-0.4, -0.2) is 35.4 Å². The van der Waals surface area contributed by atoms with Crippen molar-refractivity contribution >= 4 is 34.0 Å². The lowest BCUT2D eigenvalue weighted by molar-refractivity contribution is 0.712. The lowest BCUT2D eigenvalue weighted by Crippen LogP contribution is -2.21. The Labute approximate surface area is 203 Å². The van der Waals surface area contributed by atoms with Gasteiger partial charge in [0.15, 0.2) is 11.5 Å². The molecule has 0 radical (unpaired) electrons. The highest BCUT2D eigenvalue weighted by Gasteiger charge is 2.16. The van der Waals surface area contributed by atoms with Crippen LogP contribution in [-0.2, 0) is 6.54 Å². The molecule has 0 amide bonds. The van der Waals surface area contributed by atoms with Gasteiger partial charge in [-0.1, -0.05) is 53.6 Å². The van der Waals surface area contributed by atoms with Crippen molar-refractivity contribution < 1.29 is 0 Å². The van der Waals surface area contributed by atoms with Gasteiger partial charge < -0.3 is 10.6 Å². The van der Waals surface area contributed by atoms with Crippen LogP contribution in [0.15, 0.2) is 90.4 Å². The molecule has 2 N–H and O–H groups in total. The number of fused-ring (bicyclic) bond motifs is 2. The second-order valence-electron chi connectivity index (χ2n) is 9.02. The first kappa shape index (κ1) is 21.1. The zero-order valence-electron chi connectivity index (χ0n) is 19.7. The quantitative estimate of drug-likeness (QED) is 0.354. The molecule has 0 saturated heterocycles. The Morgan fingerprint density at radius 1 is 1.09 bits per heavy atom. The van der Waals surface area contributed by atoms with E-state index in [0.29, 0.717) is 24.0 Å². The van der Waals surface area contributed by atoms with E-state index in [1.54, 1.807) is 10.7 Å². The molecule has 8 heteroatoms. The molecule has 1 aliphatic carbocycles. The number of anilines is 3. The third-order valence-corrected chi connectivity index (χ3v) is 6.13. The number of hydrogen-bond donors (Lipinski definition) is 2. The zero-order chi connectivity index (χ0) is 23.8. The van der Waals surface area contributed by atoms with Crippen molar-refractivity contribution in [2.45, 2.75) is 32.9 Å². The minimum Gasteiger partial charge on any atom is -0.360 e. The van der Waals surface area contributed by atoms with Crippen LogP contribution in [0.2, 0.25) is 0 Å². The Hall–Kier alpha value is -4.46. The summed E-state index contributed by atoms with van der Waals surface area (Å²) in [4.78, 5) is 9.26. The molecule has 2 aromatic carbocycles. The van der Waals surface area contributed by atoms with Crippen molar-refractivity contribution in [1.29, 1.82) is 0 Å². The fourth-order valence-electron chi connectivity index (χ4n) is 4.62. The largest absolute Gasteiger partial charge is 0.360 e. The van der Waals surface area contributed by atoms with Gasteiger partial charge in [0.05, 0.1) is 24.3 Å². The van der Waals surface area contributed by atoms with Crippen molar-refractivity contribution in [3.8, 4) is 0 Å². The molecule has 3 aromatic heterocycles. The summed E-state index contributed by atoms with van der Waals surface area (Å²) >= 11 is 0. The average Bonchev–Trinajstić information content (AvgIpc) is 3.43. The molecule has 1 atom stereocenters. The summed E-state index contributed by atoms with van der Waals surface area (Å²) in [5, 5.41) is 17.2. The number of rotatable bonds is 6. The number of hydrogen-bond acceptors (Lipinski definition) is 6. The van der Waals surface area contributed by atoms with Crippen molar-refractivity contribution in [3.63, 3.8) is 0 Å². The molecular weight excluding hydrogens is 436 g/mol. The molecule has 35 heavy (non-hydrogen) atoms. The molecule has 0 bridgehead atoms. The zero-order valence-corrected chi connectivity index (χ0v) is 19.7. The number of benzene rings is 2. The summed E-state index contributed by atoms with van der Waals surface area (Å²) in [6, 6.07) is 16.7. The number of nitrogens with one attached hydrogen (secondary N) is 2. The molecule has 3 heterocycles. The Bertz CT molecular complexity index is 1580. The summed E-state index contributed by atoms with van der Waals surface area (Å²) in [5.41, 5.74) is 6.44. The Morgan fingerprint density at radius 2 is 1.97 bits per heavy atom. The van der Waals surface area contributed by atoms with Crippen LogP contribution in [0.1, 0.15) is 25.8 Å². The summed E-state index contributed by atoms with van der Waals surface area (Å²) in [6.45, 7) is 4.98. The fourth-order valence-corrected chi connectivity index (χ4v) is 4.62. The normalized spacial score (nSPS) is 15.8. The second-order valence-corrected chi connectivity index (χ2v) is 9.02. The maximum atomic E-state index is 4.73. The first-order valence-electron chi connectivity index (χ1n) is 11.7. The van der Waals surface area contributed by atoms with Crippen molar-refractivity contribution in [3.05, 3.63) is 96.0 Å². The molecule has 174 valence electrons. The van der Waals surface area contributed by atoms with Gasteiger partial charge in [0, 0.05) is 23.5 Å². The summed E-state index contributed by atoms with van der Waals surface area (Å²) in [5.74, 6) is 1.23. The first-order valence-corrected chi connectivity index (χ1v) is 11.7. The van der Waals surface area contributed by atoms with Crippen LogP contribution < -0.4 is 10.6 Å². The van der Waals surface area contributed by atoms with E-state index in [1.165, 1.54) is 16.7 Å². The van der Waals surface area contributed by atoms with Crippen LogP contribution in [0, 0.1) is 0 Å². The Morgan fingerprint density at radius 3 is 2.83 bits per heavy atom. The standard InChI is InChI=1S/C27H26N8/c1-18-12-19(2)14-23(13-18)30-25-26-32-27(33-34(26)11-10-28-25)31-22-9-8-21-16-29-35(24(21)15-22)17-20-6-4-3-5-7-20/h3-13,15-16,23H,14,17H2,1-2H3,(H,28,30)(H,31,33). The maximum Gasteiger partial charge on any atom is 0.247 e. The third-order valence-electron chi connectivity index (χ3n) is 6.13. The highest BCUT2D eigenvalue weighted by molar-refractivity contribution is 5.83. The Balaban J connectivity index is 1.26. The van der Waals surface area contributed by atoms with Crippen LogP contribution in [0.4, 0.5) is 17.5 Å². The van der Waals surface area contributed by atoms with E-state index >= 15 is 0 Å². The second kappa shape index (κ2) is 8.72. The molecule has 0 fully saturated rings. The van der Waals surface area contributed by atoms with E-state index < -0.39 is 0 Å². The van der Waals surface area contributed by atoms with Crippen molar-refractivity contribution in [2.75, 3.05) is 10.6 Å². The highest BCUT2D eigenvalue weighted by Crippen LogP contribution is 2.25. The SMILES string of the molecule is CC1=CC(Nc2nccn3nc(Nc4ccc5cnn(Cc6ccccc6)c5c4)nc23)CC(C)=C1. The topological polar surface area (TPSA) is 85.0 Å². The van der Waals surface area contributed by atoms with E-state index in [0.717, 1.165) is 23.0 Å². The monoisotopic (exact) mass is 462 g/mol. The van der Waals surface area contributed by atoms with Gasteiger partial charge in [-0.05, 0) is 44.0 Å². The van der Waals surface area contributed by atoms with Crippen molar-refractivity contribution in [2.24, 2.45) is 0 Å². The maximum absolute atomic E-state index is 4.73. The van der Waals surface area contributed by atoms with Gasteiger partial charge in [0.2, 0.25) is 5.95 Å². The first-order chi connectivity index (χ1) is 17.1. The van der Waals surface area contributed by atoms with E-state index in [-0.39, 0.29) is 6.04 Å². The lowest BCUT2D eigenvalue weighted by Gasteiger charge is -2.20. The van der Waals surface area contributed by atoms with Gasteiger partial charge in [-0.3, -0.25) is 4.68 Å². The summed E-state index contributed by atoms with van der Waals surface area (Å²) in [6.07, 6.45) is 10.8. The van der Waals surface area contributed by atoms with Crippen LogP contribution in [0.3, 0.4) is 0 Å². The molecule has 1 aliphatic rings. The molecule has 1 unspecified atom stereocenters. The third kappa shape index (κ3) is 4.38. The molecule has 6 rings (SSSR count). The number of allylic oxidation sites excluding steroid dienone is 2. The molecular formula is C27H26N8. The molecule has 0 spiro atoms. The van der Waals surface area contributed by atoms with E-state index in [1.807, 2.05) is 41.3 Å². The van der Waals surface area contributed by atoms with Crippen LogP contribution in [0.5, 0.6) is 0 Å². The summed E-state index contributed by atoms with van der Waals surface area (Å²) in [7, 11) is 0. The van der Waals surface area contributed by atoms with Gasteiger partial charge in [-0.2, -0.15) is 10.1 Å². The fraction of sp³-hybridized carbons (Fsp3) is 0.185. The minimum atomic E-state index is 0.180. The van der Waals surface area contributed by atoms with Gasteiger partial charge in [0.1, 0.15) is 0 Å². The smallest absolute Gasteiger partial charge is 0.247 e. The molecule has 5 aromatic rings. The van der Waals surface area contributed by atoms with E-state index in [2.05, 4.69) is 76.1 Å². The van der Waals surface area contributed by atoms with Gasteiger partial charge in [-0.25, -0.2) is 9.50 Å². The predicted octanol–water partition coefficient (Wildman–Crippen LogP) is 5.34. The van der Waals surface area contributed by atoms with E-state index in [9.17, 15) is 0 Å². The summed E-state index contributed by atoms with van der Waals surface area (Å²) < 4.78 is 3.76. The minimum absolute atomic E-state index is 0.180. The van der Waals surface area contributed by atoms with Gasteiger partial charge >= 0.3 is 0 Å². The average molecular weight is 463 g/mol. The highest BCUT2D eigenvalue weighted by atomic mass is 15.4. The predicted molar refractivity (Wildman–Crippen MR) is 139 cm³/mol. The van der Waals surface area contributed by atoms with Crippen molar-refractivity contribution in [1.82, 2.24) is 29.4 Å². The van der Waals surface area contributed by atoms with Gasteiger partial charge in [0.25, 0.3) is 0 Å². The molecule has 0 saturated carbocycles. The Kier molecular flexibility index (Phi) is 5.25. The van der Waals surface area contributed by atoms with Gasteiger partial charge in [-0.15, -0.1) is 5.10 Å². The molecule has 8 nitrogen and oxygen atoms in total.